The third-order valence-corrected chi connectivity index (χ3v) is 2.66. The molecule has 1 aromatic carbocycles. The Morgan fingerprint density at radius 3 is 2.46 bits per heavy atom. The molecule has 2 heteroatoms. The van der Waals surface area contributed by atoms with Gasteiger partial charge in [-0.3, -0.25) is 0 Å². The lowest BCUT2D eigenvalue weighted by atomic mass is 9.69. The van der Waals surface area contributed by atoms with Crippen molar-refractivity contribution in [3.63, 3.8) is 0 Å². The molecule has 0 amide bonds. The van der Waals surface area contributed by atoms with Crippen LogP contribution in [0.3, 0.4) is 0 Å². The maximum Gasteiger partial charge on any atom is 0.137 e. The monoisotopic (exact) mass is 178 g/mol. The average molecular weight is 178 g/mol. The third-order valence-electron chi connectivity index (χ3n) is 2.66. The maximum absolute atomic E-state index is 13.9. The first kappa shape index (κ1) is 8.42. The van der Waals surface area contributed by atoms with Crippen LogP contribution in [0.25, 0.3) is 0 Å². The Morgan fingerprint density at radius 1 is 1.31 bits per heavy atom. The van der Waals surface area contributed by atoms with Crippen molar-refractivity contribution >= 4 is 6.29 Å². The molecule has 0 aliphatic heterocycles. The van der Waals surface area contributed by atoms with Crippen LogP contribution in [0.2, 0.25) is 0 Å². The molecule has 1 saturated carbocycles. The fourth-order valence-corrected chi connectivity index (χ4v) is 1.84. The fraction of sp³-hybridized carbons (Fsp3) is 0.364. The van der Waals surface area contributed by atoms with Gasteiger partial charge in [0.25, 0.3) is 0 Å². The Hall–Kier alpha value is -1.18. The Labute approximate surface area is 76.6 Å². The van der Waals surface area contributed by atoms with Crippen LogP contribution in [0, 0.1) is 5.92 Å². The Morgan fingerprint density at radius 2 is 1.92 bits per heavy atom. The van der Waals surface area contributed by atoms with E-state index < -0.39 is 5.67 Å². The first-order valence-corrected chi connectivity index (χ1v) is 4.44. The molecule has 1 aromatic rings. The largest absolute Gasteiger partial charge is 0.303 e. The topological polar surface area (TPSA) is 17.1 Å². The van der Waals surface area contributed by atoms with E-state index in [1.54, 1.807) is 12.1 Å². The number of aldehydes is 1. The molecule has 0 atom stereocenters. The SMILES string of the molecule is O=CC1CC(F)(c2ccccc2)C1. The summed E-state index contributed by atoms with van der Waals surface area (Å²) < 4.78 is 13.9. The molecule has 0 aromatic heterocycles. The molecule has 1 aliphatic carbocycles. The molecular formula is C11H11FO. The minimum Gasteiger partial charge on any atom is -0.303 e. The van der Waals surface area contributed by atoms with Crippen molar-refractivity contribution in [1.29, 1.82) is 0 Å². The lowest BCUT2D eigenvalue weighted by Crippen LogP contribution is -2.37. The second-order valence-electron chi connectivity index (χ2n) is 3.64. The zero-order valence-electron chi connectivity index (χ0n) is 7.24. The van der Waals surface area contributed by atoms with Crippen molar-refractivity contribution in [1.82, 2.24) is 0 Å². The Bertz CT molecular complexity index is 301. The van der Waals surface area contributed by atoms with Crippen LogP contribution in [-0.2, 0) is 10.5 Å². The van der Waals surface area contributed by atoms with Crippen LogP contribution in [0.1, 0.15) is 18.4 Å². The van der Waals surface area contributed by atoms with Crippen LogP contribution >= 0.6 is 0 Å². The van der Waals surface area contributed by atoms with Gasteiger partial charge < -0.3 is 4.79 Å². The van der Waals surface area contributed by atoms with Crippen molar-refractivity contribution in [3.8, 4) is 0 Å². The number of alkyl halides is 1. The minimum atomic E-state index is -1.24. The molecule has 1 fully saturated rings. The van der Waals surface area contributed by atoms with Crippen molar-refractivity contribution < 1.29 is 9.18 Å². The first-order valence-electron chi connectivity index (χ1n) is 4.44. The van der Waals surface area contributed by atoms with E-state index in [9.17, 15) is 9.18 Å². The van der Waals surface area contributed by atoms with E-state index in [1.165, 1.54) is 0 Å². The molecule has 0 spiro atoms. The fourth-order valence-electron chi connectivity index (χ4n) is 1.84. The number of hydrogen-bond donors (Lipinski definition) is 0. The van der Waals surface area contributed by atoms with Gasteiger partial charge >= 0.3 is 0 Å². The van der Waals surface area contributed by atoms with Gasteiger partial charge in [0, 0.05) is 5.92 Å². The summed E-state index contributed by atoms with van der Waals surface area (Å²) >= 11 is 0. The normalized spacial score (nSPS) is 32.2. The van der Waals surface area contributed by atoms with Crippen molar-refractivity contribution in [2.45, 2.75) is 18.5 Å². The zero-order valence-corrected chi connectivity index (χ0v) is 7.24. The standard InChI is InChI=1S/C11H11FO/c12-11(6-9(7-11)8-13)10-4-2-1-3-5-10/h1-5,8-9H,6-7H2. The summed E-state index contributed by atoms with van der Waals surface area (Å²) in [6.45, 7) is 0. The minimum absolute atomic E-state index is 0.0785. The molecule has 1 aliphatic rings. The molecule has 0 radical (unpaired) electrons. The van der Waals surface area contributed by atoms with Crippen LogP contribution in [0.15, 0.2) is 30.3 Å². The summed E-state index contributed by atoms with van der Waals surface area (Å²) in [7, 11) is 0. The second-order valence-corrected chi connectivity index (χ2v) is 3.64. The maximum atomic E-state index is 13.9. The Kier molecular flexibility index (Phi) is 1.91. The summed E-state index contributed by atoms with van der Waals surface area (Å²) in [4.78, 5) is 10.3. The van der Waals surface area contributed by atoms with Gasteiger partial charge in [0.05, 0.1) is 0 Å². The lowest BCUT2D eigenvalue weighted by Gasteiger charge is -2.38. The van der Waals surface area contributed by atoms with Gasteiger partial charge in [-0.2, -0.15) is 0 Å². The highest BCUT2D eigenvalue weighted by Crippen LogP contribution is 2.47. The third kappa shape index (κ3) is 1.37. The predicted octanol–water partition coefficient (Wildman–Crippen LogP) is 2.46. The summed E-state index contributed by atoms with van der Waals surface area (Å²) in [5.41, 5.74) is -0.541. The van der Waals surface area contributed by atoms with E-state index in [2.05, 4.69) is 0 Å². The van der Waals surface area contributed by atoms with Gasteiger partial charge in [-0.05, 0) is 18.4 Å². The van der Waals surface area contributed by atoms with Crippen LogP contribution in [-0.4, -0.2) is 6.29 Å². The van der Waals surface area contributed by atoms with Crippen LogP contribution in [0.4, 0.5) is 4.39 Å². The van der Waals surface area contributed by atoms with Crippen molar-refractivity contribution in [2.24, 2.45) is 5.92 Å². The number of halogens is 1. The molecule has 0 saturated heterocycles. The van der Waals surface area contributed by atoms with Gasteiger partial charge in [-0.1, -0.05) is 30.3 Å². The van der Waals surface area contributed by atoms with Gasteiger partial charge in [0.1, 0.15) is 12.0 Å². The molecule has 0 unspecified atom stereocenters. The average Bonchev–Trinajstić information content (AvgIpc) is 2.14. The summed E-state index contributed by atoms with van der Waals surface area (Å²) in [6, 6.07) is 9.07. The van der Waals surface area contributed by atoms with E-state index in [1.807, 2.05) is 18.2 Å². The molecule has 0 N–H and O–H groups in total. The predicted molar refractivity (Wildman–Crippen MR) is 48.0 cm³/mol. The molecule has 13 heavy (non-hydrogen) atoms. The number of carbonyl (C=O) groups excluding carboxylic acids is 1. The van der Waals surface area contributed by atoms with Gasteiger partial charge in [-0.15, -0.1) is 0 Å². The van der Waals surface area contributed by atoms with E-state index in [0.717, 1.165) is 6.29 Å². The number of rotatable bonds is 2. The number of benzene rings is 1. The van der Waals surface area contributed by atoms with E-state index in [4.69, 9.17) is 0 Å². The summed E-state index contributed by atoms with van der Waals surface area (Å²) in [5, 5.41) is 0. The number of hydrogen-bond acceptors (Lipinski definition) is 1. The number of carbonyl (C=O) groups is 1. The van der Waals surface area contributed by atoms with Crippen molar-refractivity contribution in [2.75, 3.05) is 0 Å². The van der Waals surface area contributed by atoms with E-state index in [-0.39, 0.29) is 5.92 Å². The smallest absolute Gasteiger partial charge is 0.137 e. The molecular weight excluding hydrogens is 167 g/mol. The van der Waals surface area contributed by atoms with Crippen molar-refractivity contribution in [3.05, 3.63) is 35.9 Å². The highest BCUT2D eigenvalue weighted by molar-refractivity contribution is 5.56. The van der Waals surface area contributed by atoms with Crippen LogP contribution < -0.4 is 0 Å². The van der Waals surface area contributed by atoms with Gasteiger partial charge in [-0.25, -0.2) is 4.39 Å². The summed E-state index contributed by atoms with van der Waals surface area (Å²) in [5.74, 6) is -0.0785. The second kappa shape index (κ2) is 2.95. The zero-order chi connectivity index (χ0) is 9.31. The quantitative estimate of drug-likeness (QED) is 0.636. The molecule has 0 heterocycles. The van der Waals surface area contributed by atoms with Gasteiger partial charge in [0.2, 0.25) is 0 Å². The van der Waals surface area contributed by atoms with Gasteiger partial charge in [0.15, 0.2) is 0 Å². The highest BCUT2D eigenvalue weighted by Gasteiger charge is 2.45. The molecule has 68 valence electrons. The van der Waals surface area contributed by atoms with E-state index in [0.29, 0.717) is 18.4 Å². The molecule has 2 rings (SSSR count). The Balaban J connectivity index is 2.15. The highest BCUT2D eigenvalue weighted by atomic mass is 19.1. The first-order chi connectivity index (χ1) is 6.24. The van der Waals surface area contributed by atoms with Crippen LogP contribution in [0.5, 0.6) is 0 Å². The molecule has 1 nitrogen and oxygen atoms in total. The van der Waals surface area contributed by atoms with E-state index >= 15 is 0 Å². The molecule has 0 bridgehead atoms. The summed E-state index contributed by atoms with van der Waals surface area (Å²) in [6.07, 6.45) is 1.54. The lowest BCUT2D eigenvalue weighted by molar-refractivity contribution is -0.119.